The second kappa shape index (κ2) is 9.84. The molecule has 6 nitrogen and oxygen atoms in total. The molecule has 0 aliphatic carbocycles. The monoisotopic (exact) mass is 567 g/mol. The maximum Gasteiger partial charge on any atom is 0.338 e. The molecule has 0 aliphatic heterocycles. The van der Waals surface area contributed by atoms with Crippen molar-refractivity contribution in [1.82, 2.24) is 3.97 Å². The van der Waals surface area contributed by atoms with E-state index in [0.717, 1.165) is 3.97 Å². The lowest BCUT2D eigenvalue weighted by atomic mass is 10.1. The van der Waals surface area contributed by atoms with Gasteiger partial charge < -0.3 is 4.74 Å². The normalized spacial score (nSPS) is 12.5. The summed E-state index contributed by atoms with van der Waals surface area (Å²) in [7, 11) is -6.60. The lowest BCUT2D eigenvalue weighted by Crippen LogP contribution is -2.42. The molecule has 0 saturated heterocycles. The number of carbonyl (C=O) groups excluding carboxylic acids is 2. The number of esters is 1. The van der Waals surface area contributed by atoms with Crippen LogP contribution in [0.15, 0.2) is 77.7 Å². The van der Waals surface area contributed by atoms with E-state index in [1.54, 1.807) is 69.3 Å². The molecule has 1 aromatic heterocycles. The quantitative estimate of drug-likeness (QED) is 0.156. The number of ether oxygens (including phenoxy) is 1. The molecule has 0 amide bonds. The van der Waals surface area contributed by atoms with Gasteiger partial charge in [-0.1, -0.05) is 61.6 Å². The van der Waals surface area contributed by atoms with Gasteiger partial charge in [-0.05, 0) is 68.4 Å². The first-order valence-corrected chi connectivity index (χ1v) is 17.5. The maximum atomic E-state index is 14.1. The molecule has 0 bridgehead atoms. The zero-order valence-electron chi connectivity index (χ0n) is 22.2. The summed E-state index contributed by atoms with van der Waals surface area (Å²) >= 11 is 6.20. The van der Waals surface area contributed by atoms with Crippen LogP contribution >= 0.6 is 11.6 Å². The van der Waals surface area contributed by atoms with Crippen LogP contribution in [0.2, 0.25) is 24.7 Å². The molecule has 38 heavy (non-hydrogen) atoms. The summed E-state index contributed by atoms with van der Waals surface area (Å²) in [6.45, 7) is 11.5. The average Bonchev–Trinajstić information content (AvgIpc) is 3.19. The van der Waals surface area contributed by atoms with Crippen molar-refractivity contribution in [3.05, 3.63) is 94.6 Å². The van der Waals surface area contributed by atoms with Gasteiger partial charge in [0.25, 0.3) is 10.0 Å². The third-order valence-corrected chi connectivity index (χ3v) is 9.86. The molecular formula is C29H30ClNO5SSi. The minimum Gasteiger partial charge on any atom is -0.456 e. The van der Waals surface area contributed by atoms with E-state index < -0.39 is 35.5 Å². The van der Waals surface area contributed by atoms with Gasteiger partial charge >= 0.3 is 5.97 Å². The first-order valence-electron chi connectivity index (χ1n) is 12.1. The number of nitrogens with zero attached hydrogens (tertiary/aromatic N) is 1. The molecule has 9 heteroatoms. The van der Waals surface area contributed by atoms with Crippen LogP contribution in [0.4, 0.5) is 0 Å². The fourth-order valence-corrected chi connectivity index (χ4v) is 8.17. The number of halogens is 1. The van der Waals surface area contributed by atoms with Crippen molar-refractivity contribution in [1.29, 1.82) is 0 Å². The lowest BCUT2D eigenvalue weighted by molar-refractivity contribution is 0.00696. The number of hydrogen-bond donors (Lipinski definition) is 0. The molecule has 0 fully saturated rings. The van der Waals surface area contributed by atoms with Crippen LogP contribution in [-0.4, -0.2) is 37.8 Å². The molecule has 0 unspecified atom stereocenters. The highest BCUT2D eigenvalue weighted by molar-refractivity contribution is 7.90. The third-order valence-electron chi connectivity index (χ3n) is 5.89. The van der Waals surface area contributed by atoms with Crippen molar-refractivity contribution >= 4 is 57.5 Å². The van der Waals surface area contributed by atoms with E-state index in [9.17, 15) is 18.0 Å². The number of hydrogen-bond acceptors (Lipinski definition) is 5. The van der Waals surface area contributed by atoms with Crippen LogP contribution in [0.3, 0.4) is 0 Å². The number of ketones is 1. The van der Waals surface area contributed by atoms with E-state index in [2.05, 4.69) is 0 Å². The molecule has 0 aliphatic rings. The highest BCUT2D eigenvalue weighted by Gasteiger charge is 2.36. The molecule has 0 N–H and O–H groups in total. The van der Waals surface area contributed by atoms with Crippen LogP contribution in [0.25, 0.3) is 10.9 Å². The van der Waals surface area contributed by atoms with Crippen molar-refractivity contribution in [2.24, 2.45) is 0 Å². The van der Waals surface area contributed by atoms with Gasteiger partial charge in [0.1, 0.15) is 11.3 Å². The number of carbonyl (C=O) groups is 2. The van der Waals surface area contributed by atoms with Gasteiger partial charge in [0.15, 0.2) is 0 Å². The predicted octanol–water partition coefficient (Wildman–Crippen LogP) is 6.26. The summed E-state index contributed by atoms with van der Waals surface area (Å²) in [5, 5.41) is 1.55. The molecule has 3 aromatic carbocycles. The van der Waals surface area contributed by atoms with Gasteiger partial charge in [0.2, 0.25) is 5.78 Å². The fourth-order valence-electron chi connectivity index (χ4n) is 4.41. The van der Waals surface area contributed by atoms with Crippen LogP contribution < -0.4 is 5.19 Å². The molecule has 0 saturated carbocycles. The number of fused-ring (bicyclic) bond motifs is 1. The molecule has 198 valence electrons. The number of rotatable bonds is 6. The Bertz CT molecular complexity index is 1660. The van der Waals surface area contributed by atoms with E-state index in [1.807, 2.05) is 19.6 Å². The highest BCUT2D eigenvalue weighted by atomic mass is 35.5. The van der Waals surface area contributed by atoms with E-state index in [-0.39, 0.29) is 21.7 Å². The van der Waals surface area contributed by atoms with Gasteiger partial charge in [0, 0.05) is 16.0 Å². The third kappa shape index (κ3) is 5.34. The van der Waals surface area contributed by atoms with E-state index in [1.165, 1.54) is 24.3 Å². The van der Waals surface area contributed by atoms with Crippen LogP contribution in [0.1, 0.15) is 47.2 Å². The van der Waals surface area contributed by atoms with Crippen molar-refractivity contribution in [2.45, 2.75) is 50.9 Å². The molecule has 0 spiro atoms. The summed E-state index contributed by atoms with van der Waals surface area (Å²) in [5.41, 5.74) is 0.236. The molecule has 0 atom stereocenters. The minimum atomic E-state index is -4.19. The Hall–Kier alpha value is -3.20. The van der Waals surface area contributed by atoms with Crippen molar-refractivity contribution in [2.75, 3.05) is 0 Å². The summed E-state index contributed by atoms with van der Waals surface area (Å²) in [6, 6.07) is 19.2. The lowest BCUT2D eigenvalue weighted by Gasteiger charge is -2.20. The zero-order chi connectivity index (χ0) is 28.0. The second-order valence-electron chi connectivity index (χ2n) is 11.1. The Morgan fingerprint density at radius 1 is 0.868 bits per heavy atom. The Morgan fingerprint density at radius 3 is 2.11 bits per heavy atom. The van der Waals surface area contributed by atoms with Gasteiger partial charge in [-0.15, -0.1) is 0 Å². The number of aromatic nitrogens is 1. The SMILES string of the molecule is CC(C)(C)OC(=O)c1ccc2c(c1)c([Si](C)(C)C)c(C(=O)c1cccc(Cl)c1)n2S(=O)(=O)c1ccccc1. The Kier molecular flexibility index (Phi) is 7.20. The van der Waals surface area contributed by atoms with Gasteiger partial charge in [-0.25, -0.2) is 17.2 Å². The summed E-state index contributed by atoms with van der Waals surface area (Å²) < 4.78 is 35.0. The molecular weight excluding hydrogens is 538 g/mol. The van der Waals surface area contributed by atoms with Gasteiger partial charge in [-0.3, -0.25) is 4.79 Å². The van der Waals surface area contributed by atoms with Gasteiger partial charge in [-0.2, -0.15) is 0 Å². The Balaban J connectivity index is 2.13. The van der Waals surface area contributed by atoms with Gasteiger partial charge in [0.05, 0.1) is 24.0 Å². The summed E-state index contributed by atoms with van der Waals surface area (Å²) in [5.74, 6) is -0.984. The van der Waals surface area contributed by atoms with E-state index in [0.29, 0.717) is 21.1 Å². The van der Waals surface area contributed by atoms with Crippen LogP contribution in [0.5, 0.6) is 0 Å². The van der Waals surface area contributed by atoms with Crippen molar-refractivity contribution in [3.8, 4) is 0 Å². The maximum absolute atomic E-state index is 14.1. The molecule has 4 aromatic rings. The van der Waals surface area contributed by atoms with Crippen molar-refractivity contribution in [3.63, 3.8) is 0 Å². The molecule has 4 rings (SSSR count). The predicted molar refractivity (Wildman–Crippen MR) is 154 cm³/mol. The largest absolute Gasteiger partial charge is 0.456 e. The average molecular weight is 568 g/mol. The Labute approximate surface area is 229 Å². The fraction of sp³-hybridized carbons (Fsp3) is 0.241. The van der Waals surface area contributed by atoms with E-state index >= 15 is 0 Å². The van der Waals surface area contributed by atoms with Crippen LogP contribution in [-0.2, 0) is 14.8 Å². The standard InChI is InChI=1S/C29H30ClNO5SSi/c1-29(2,3)36-28(33)20-15-16-24-23(18-20)27(38(4,5)6)25(26(32)19-11-10-12-21(30)17-19)31(24)37(34,35)22-13-8-7-9-14-22/h7-18H,1-6H3. The first kappa shape index (κ1) is 27.8. The Morgan fingerprint density at radius 2 is 1.53 bits per heavy atom. The smallest absolute Gasteiger partial charge is 0.338 e. The first-order chi connectivity index (χ1) is 17.6. The minimum absolute atomic E-state index is 0.0513. The summed E-state index contributed by atoms with van der Waals surface area (Å²) in [6.07, 6.45) is 0. The molecule has 0 radical (unpaired) electrons. The zero-order valence-corrected chi connectivity index (χ0v) is 24.8. The summed E-state index contributed by atoms with van der Waals surface area (Å²) in [4.78, 5) is 27.1. The van der Waals surface area contributed by atoms with E-state index in [4.69, 9.17) is 16.3 Å². The van der Waals surface area contributed by atoms with Crippen LogP contribution in [0, 0.1) is 0 Å². The highest BCUT2D eigenvalue weighted by Crippen LogP contribution is 2.30. The molecule has 1 heterocycles. The second-order valence-corrected chi connectivity index (χ2v) is 18.4. The van der Waals surface area contributed by atoms with Crippen molar-refractivity contribution < 1.29 is 22.7 Å². The topological polar surface area (TPSA) is 82.4 Å². The number of benzene rings is 3.